The number of benzene rings is 1. The maximum atomic E-state index is 10.3. The van der Waals surface area contributed by atoms with Crippen molar-refractivity contribution in [3.63, 3.8) is 0 Å². The van der Waals surface area contributed by atoms with Crippen molar-refractivity contribution in [1.29, 1.82) is 0 Å². The second kappa shape index (κ2) is 4.42. The quantitative estimate of drug-likeness (QED) is 0.740. The van der Waals surface area contributed by atoms with E-state index in [-0.39, 0.29) is 0 Å². The molecule has 0 aliphatic heterocycles. The molecule has 0 radical (unpaired) electrons. The molecule has 0 atom stereocenters. The fourth-order valence-corrected chi connectivity index (χ4v) is 1.23. The van der Waals surface area contributed by atoms with Gasteiger partial charge in [-0.2, -0.15) is 0 Å². The lowest BCUT2D eigenvalue weighted by Gasteiger charge is -2.03. The van der Waals surface area contributed by atoms with Crippen LogP contribution in [0.1, 0.15) is 16.7 Å². The molecule has 1 aromatic rings. The normalized spacial score (nSPS) is 10.4. The third-order valence-electron chi connectivity index (χ3n) is 2.04. The molecule has 0 aliphatic carbocycles. The van der Waals surface area contributed by atoms with Crippen molar-refractivity contribution < 1.29 is 9.90 Å². The number of carbonyl (C=O) groups is 1. The van der Waals surface area contributed by atoms with Gasteiger partial charge in [0.15, 0.2) is 0 Å². The van der Waals surface area contributed by atoms with Gasteiger partial charge in [0, 0.05) is 6.08 Å². The smallest absolute Gasteiger partial charge is 0.328 e. The molecule has 0 fully saturated rings. The molecule has 2 heteroatoms. The minimum absolute atomic E-state index is 0.907. The van der Waals surface area contributed by atoms with Crippen molar-refractivity contribution in [3.05, 3.63) is 47.5 Å². The highest BCUT2D eigenvalue weighted by atomic mass is 16.4. The van der Waals surface area contributed by atoms with E-state index in [9.17, 15) is 4.79 Å². The first kappa shape index (κ1) is 10.3. The van der Waals surface area contributed by atoms with Crippen molar-refractivity contribution >= 4 is 18.1 Å². The van der Waals surface area contributed by atoms with Crippen LogP contribution in [0.4, 0.5) is 0 Å². The zero-order valence-electron chi connectivity index (χ0n) is 8.03. The average molecular weight is 188 g/mol. The monoisotopic (exact) mass is 188 g/mol. The van der Waals surface area contributed by atoms with E-state index in [1.54, 1.807) is 12.2 Å². The fraction of sp³-hybridized carbons (Fsp3) is 0.0833. The molecule has 0 spiro atoms. The Morgan fingerprint density at radius 3 is 2.64 bits per heavy atom. The van der Waals surface area contributed by atoms with Crippen LogP contribution in [0.5, 0.6) is 0 Å². The van der Waals surface area contributed by atoms with Gasteiger partial charge < -0.3 is 5.11 Å². The van der Waals surface area contributed by atoms with E-state index in [1.165, 1.54) is 0 Å². The number of carboxylic acids is 1. The number of hydrogen-bond acceptors (Lipinski definition) is 1. The number of rotatable bonds is 3. The van der Waals surface area contributed by atoms with E-state index in [2.05, 4.69) is 6.58 Å². The molecule has 0 aliphatic rings. The molecule has 72 valence electrons. The maximum Gasteiger partial charge on any atom is 0.328 e. The van der Waals surface area contributed by atoms with Crippen LogP contribution in [-0.4, -0.2) is 11.1 Å². The Hall–Kier alpha value is -1.83. The van der Waals surface area contributed by atoms with Gasteiger partial charge in [-0.25, -0.2) is 4.79 Å². The Labute approximate surface area is 83.2 Å². The minimum Gasteiger partial charge on any atom is -0.478 e. The topological polar surface area (TPSA) is 37.3 Å². The molecule has 0 unspecified atom stereocenters. The lowest BCUT2D eigenvalue weighted by atomic mass is 10.0. The predicted molar refractivity (Wildman–Crippen MR) is 57.9 cm³/mol. The van der Waals surface area contributed by atoms with Crippen LogP contribution in [0, 0.1) is 6.92 Å². The first-order valence-electron chi connectivity index (χ1n) is 4.28. The van der Waals surface area contributed by atoms with Crippen LogP contribution in [0.25, 0.3) is 12.2 Å². The molecule has 1 aromatic carbocycles. The summed E-state index contributed by atoms with van der Waals surface area (Å²) in [5, 5.41) is 8.49. The fourth-order valence-electron chi connectivity index (χ4n) is 1.23. The summed E-state index contributed by atoms with van der Waals surface area (Å²) in [7, 11) is 0. The molecule has 0 bridgehead atoms. The number of carboxylic acid groups (broad SMARTS) is 1. The van der Waals surface area contributed by atoms with Crippen LogP contribution < -0.4 is 0 Å². The van der Waals surface area contributed by atoms with Gasteiger partial charge in [-0.1, -0.05) is 30.9 Å². The molecule has 0 aromatic heterocycles. The lowest BCUT2D eigenvalue weighted by molar-refractivity contribution is -0.131. The van der Waals surface area contributed by atoms with Crippen molar-refractivity contribution in [2.45, 2.75) is 6.92 Å². The summed E-state index contributed by atoms with van der Waals surface area (Å²) >= 11 is 0. The summed E-state index contributed by atoms with van der Waals surface area (Å²) in [5.74, 6) is -0.937. The average Bonchev–Trinajstić information content (AvgIpc) is 2.16. The van der Waals surface area contributed by atoms with Gasteiger partial charge in [0.1, 0.15) is 0 Å². The summed E-state index contributed by atoms with van der Waals surface area (Å²) in [6, 6.07) is 5.70. The molecule has 0 saturated carbocycles. The van der Waals surface area contributed by atoms with Crippen LogP contribution in [-0.2, 0) is 4.79 Å². The Morgan fingerprint density at radius 2 is 2.07 bits per heavy atom. The summed E-state index contributed by atoms with van der Waals surface area (Å²) in [6.45, 7) is 5.63. The van der Waals surface area contributed by atoms with Crippen LogP contribution in [0.3, 0.4) is 0 Å². The Kier molecular flexibility index (Phi) is 3.24. The van der Waals surface area contributed by atoms with Crippen LogP contribution in [0.2, 0.25) is 0 Å². The number of hydrogen-bond donors (Lipinski definition) is 1. The van der Waals surface area contributed by atoms with Crippen LogP contribution in [0.15, 0.2) is 30.9 Å². The first-order chi connectivity index (χ1) is 6.65. The first-order valence-corrected chi connectivity index (χ1v) is 4.28. The Balaban J connectivity index is 3.09. The van der Waals surface area contributed by atoms with Gasteiger partial charge in [0.2, 0.25) is 0 Å². The van der Waals surface area contributed by atoms with Gasteiger partial charge in [-0.05, 0) is 29.7 Å². The van der Waals surface area contributed by atoms with Gasteiger partial charge in [0.05, 0.1) is 0 Å². The van der Waals surface area contributed by atoms with E-state index < -0.39 is 5.97 Å². The molecule has 2 nitrogen and oxygen atoms in total. The third kappa shape index (κ3) is 2.33. The van der Waals surface area contributed by atoms with Gasteiger partial charge in [-0.3, -0.25) is 0 Å². The van der Waals surface area contributed by atoms with Gasteiger partial charge in [-0.15, -0.1) is 0 Å². The van der Waals surface area contributed by atoms with E-state index in [0.29, 0.717) is 0 Å². The second-order valence-corrected chi connectivity index (χ2v) is 2.94. The van der Waals surface area contributed by atoms with Crippen LogP contribution >= 0.6 is 0 Å². The third-order valence-corrected chi connectivity index (χ3v) is 2.04. The van der Waals surface area contributed by atoms with Crippen molar-refractivity contribution in [2.24, 2.45) is 0 Å². The molecule has 0 amide bonds. The molecular weight excluding hydrogens is 176 g/mol. The highest BCUT2D eigenvalue weighted by Crippen LogP contribution is 2.15. The summed E-state index contributed by atoms with van der Waals surface area (Å²) in [5.41, 5.74) is 2.97. The van der Waals surface area contributed by atoms with Crippen molar-refractivity contribution in [3.8, 4) is 0 Å². The highest BCUT2D eigenvalue weighted by molar-refractivity contribution is 5.85. The lowest BCUT2D eigenvalue weighted by Crippen LogP contribution is -1.88. The molecule has 0 heterocycles. The summed E-state index contributed by atoms with van der Waals surface area (Å²) < 4.78 is 0. The molecule has 1 rings (SSSR count). The Morgan fingerprint density at radius 1 is 1.43 bits per heavy atom. The van der Waals surface area contributed by atoms with Gasteiger partial charge in [0.25, 0.3) is 0 Å². The van der Waals surface area contributed by atoms with E-state index >= 15 is 0 Å². The minimum atomic E-state index is -0.937. The number of aliphatic carboxylic acids is 1. The van der Waals surface area contributed by atoms with Crippen molar-refractivity contribution in [2.75, 3.05) is 0 Å². The summed E-state index contributed by atoms with van der Waals surface area (Å²) in [6.07, 6.45) is 4.48. The maximum absolute atomic E-state index is 10.3. The van der Waals surface area contributed by atoms with Crippen molar-refractivity contribution in [1.82, 2.24) is 0 Å². The summed E-state index contributed by atoms with van der Waals surface area (Å²) in [4.78, 5) is 10.3. The largest absolute Gasteiger partial charge is 0.478 e. The van der Waals surface area contributed by atoms with E-state index in [4.69, 9.17) is 5.11 Å². The standard InChI is InChI=1S/C12H12O2/c1-3-10-5-4-6-11(9(10)2)7-8-12(13)14/h3-8H,1H2,2H3,(H,13,14)/b8-7+. The SMILES string of the molecule is C=Cc1cccc(/C=C/C(=O)O)c1C. The molecular formula is C12H12O2. The molecule has 0 saturated heterocycles. The highest BCUT2D eigenvalue weighted by Gasteiger charge is 1.98. The van der Waals surface area contributed by atoms with E-state index in [0.717, 1.165) is 22.8 Å². The molecule has 14 heavy (non-hydrogen) atoms. The molecule has 1 N–H and O–H groups in total. The zero-order valence-corrected chi connectivity index (χ0v) is 8.03. The van der Waals surface area contributed by atoms with E-state index in [1.807, 2.05) is 25.1 Å². The predicted octanol–water partition coefficient (Wildman–Crippen LogP) is 2.74. The zero-order chi connectivity index (χ0) is 10.6. The second-order valence-electron chi connectivity index (χ2n) is 2.94. The van der Waals surface area contributed by atoms with Gasteiger partial charge >= 0.3 is 5.97 Å². The Bertz CT molecular complexity index is 389.